The minimum atomic E-state index is -0.932. The number of fused-ring (bicyclic) bond motifs is 5. The van der Waals surface area contributed by atoms with Gasteiger partial charge in [0.25, 0.3) is 5.69 Å². The molecule has 0 unspecified atom stereocenters. The van der Waals surface area contributed by atoms with Crippen LogP contribution in [0, 0.1) is 22.0 Å². The molecule has 5 rings (SSSR count). The molecule has 0 saturated carbocycles. The van der Waals surface area contributed by atoms with Gasteiger partial charge in [-0.3, -0.25) is 29.4 Å². The van der Waals surface area contributed by atoms with Gasteiger partial charge in [-0.05, 0) is 25.0 Å². The highest BCUT2D eigenvalue weighted by Crippen LogP contribution is 2.49. The van der Waals surface area contributed by atoms with Gasteiger partial charge >= 0.3 is 0 Å². The molecule has 2 aromatic carbocycles. The van der Waals surface area contributed by atoms with Crippen LogP contribution in [0.2, 0.25) is 0 Å². The van der Waals surface area contributed by atoms with E-state index in [9.17, 15) is 24.5 Å². The lowest BCUT2D eigenvalue weighted by Crippen LogP contribution is -2.50. The van der Waals surface area contributed by atoms with E-state index in [2.05, 4.69) is 0 Å². The molecule has 0 N–H and O–H groups in total. The number of carbonyl (C=O) groups is 3. The molecule has 3 aliphatic heterocycles. The zero-order chi connectivity index (χ0) is 23.4. The number of ketones is 1. The Morgan fingerprint density at radius 3 is 2.55 bits per heavy atom. The molecule has 2 fully saturated rings. The van der Waals surface area contributed by atoms with E-state index in [0.717, 1.165) is 11.3 Å². The Kier molecular flexibility index (Phi) is 4.88. The molecular formula is C25H23N3O5. The van der Waals surface area contributed by atoms with Gasteiger partial charge in [0, 0.05) is 29.4 Å². The van der Waals surface area contributed by atoms with Crippen LogP contribution in [-0.2, 0) is 9.59 Å². The molecule has 8 heteroatoms. The summed E-state index contributed by atoms with van der Waals surface area (Å²) in [5.41, 5.74) is 1.63. The number of nitrogens with zero attached hydrogens (tertiary/aromatic N) is 3. The Balaban J connectivity index is 1.65. The highest BCUT2D eigenvalue weighted by Gasteiger charge is 2.64. The van der Waals surface area contributed by atoms with Gasteiger partial charge in [0.15, 0.2) is 5.78 Å². The van der Waals surface area contributed by atoms with Crippen LogP contribution < -0.4 is 4.90 Å². The van der Waals surface area contributed by atoms with Crippen LogP contribution in [0.1, 0.15) is 36.2 Å². The summed E-state index contributed by atoms with van der Waals surface area (Å²) in [7, 11) is 0. The number of hydrogen-bond acceptors (Lipinski definition) is 6. The van der Waals surface area contributed by atoms with E-state index in [1.54, 1.807) is 0 Å². The molecule has 0 radical (unpaired) electrons. The van der Waals surface area contributed by atoms with E-state index in [1.165, 1.54) is 29.2 Å². The summed E-state index contributed by atoms with van der Waals surface area (Å²) in [6, 6.07) is 11.5. The largest absolute Gasteiger partial charge is 0.352 e. The highest BCUT2D eigenvalue weighted by molar-refractivity contribution is 6.14. The van der Waals surface area contributed by atoms with Gasteiger partial charge in [0.1, 0.15) is 6.04 Å². The third kappa shape index (κ3) is 3.01. The van der Waals surface area contributed by atoms with Crippen molar-refractivity contribution < 1.29 is 19.3 Å². The third-order valence-electron chi connectivity index (χ3n) is 7.09. The van der Waals surface area contributed by atoms with Crippen molar-refractivity contribution in [1.29, 1.82) is 0 Å². The Morgan fingerprint density at radius 2 is 1.82 bits per heavy atom. The number of anilines is 1. The summed E-state index contributed by atoms with van der Waals surface area (Å²) < 4.78 is 0. The lowest BCUT2D eigenvalue weighted by Gasteiger charge is -2.37. The number of Topliss-reactive ketones (excluding diaryl/α,β-unsaturated/α-hetero) is 1. The average molecular weight is 445 g/mol. The number of non-ortho nitro benzene ring substituents is 1. The number of benzene rings is 2. The van der Waals surface area contributed by atoms with Gasteiger partial charge < -0.3 is 4.90 Å². The predicted octanol–water partition coefficient (Wildman–Crippen LogP) is 3.46. The molecule has 33 heavy (non-hydrogen) atoms. The highest BCUT2D eigenvalue weighted by atomic mass is 16.6. The van der Waals surface area contributed by atoms with E-state index in [-0.39, 0.29) is 29.1 Å². The van der Waals surface area contributed by atoms with Gasteiger partial charge in [-0.1, -0.05) is 49.4 Å². The smallest absolute Gasteiger partial charge is 0.270 e. The normalized spacial score (nSPS) is 26.1. The number of nitro benzene ring substituents is 1. The first kappa shape index (κ1) is 21.1. The number of rotatable bonds is 5. The first-order valence-corrected chi connectivity index (χ1v) is 11.1. The number of likely N-dealkylation sites (tertiary alicyclic amines) is 1. The molecule has 3 aliphatic rings. The second-order valence-electron chi connectivity index (χ2n) is 8.79. The lowest BCUT2D eigenvalue weighted by atomic mass is 9.86. The monoisotopic (exact) mass is 445 g/mol. The van der Waals surface area contributed by atoms with Crippen LogP contribution in [0.5, 0.6) is 0 Å². The van der Waals surface area contributed by atoms with E-state index >= 15 is 0 Å². The predicted molar refractivity (Wildman–Crippen MR) is 122 cm³/mol. The molecule has 2 saturated heterocycles. The summed E-state index contributed by atoms with van der Waals surface area (Å²) in [4.78, 5) is 54.8. The van der Waals surface area contributed by atoms with E-state index in [4.69, 9.17) is 0 Å². The SMILES string of the molecule is CC[C@H](C)N1C(=O)[C@@H]2[C@H](C1=O)[C@H]1C=Cc3ccccc3N1[C@H]2C(=O)c1cccc([N+](=O)[O-])c1. The van der Waals surface area contributed by atoms with Gasteiger partial charge in [0.05, 0.1) is 22.8 Å². The molecule has 2 amide bonds. The van der Waals surface area contributed by atoms with Crippen LogP contribution in [-0.4, -0.2) is 45.5 Å². The number of imide groups is 1. The fraction of sp³-hybridized carbons (Fsp3) is 0.320. The fourth-order valence-electron chi connectivity index (χ4n) is 5.40. The van der Waals surface area contributed by atoms with Gasteiger partial charge in [-0.15, -0.1) is 0 Å². The molecule has 2 aromatic rings. The number of carbonyl (C=O) groups excluding carboxylic acids is 3. The van der Waals surface area contributed by atoms with Crippen LogP contribution in [0.15, 0.2) is 54.6 Å². The van der Waals surface area contributed by atoms with Crippen LogP contribution in [0.4, 0.5) is 11.4 Å². The van der Waals surface area contributed by atoms with Gasteiger partial charge in [-0.2, -0.15) is 0 Å². The number of para-hydroxylation sites is 1. The molecular weight excluding hydrogens is 422 g/mol. The number of nitro groups is 1. The van der Waals surface area contributed by atoms with Crippen LogP contribution >= 0.6 is 0 Å². The van der Waals surface area contributed by atoms with Crippen molar-refractivity contribution >= 4 is 35.0 Å². The van der Waals surface area contributed by atoms with Crippen molar-refractivity contribution in [3.63, 3.8) is 0 Å². The Morgan fingerprint density at radius 1 is 1.09 bits per heavy atom. The molecule has 0 aliphatic carbocycles. The molecule has 8 nitrogen and oxygen atoms in total. The van der Waals surface area contributed by atoms with Crippen molar-refractivity contribution in [3.8, 4) is 0 Å². The van der Waals surface area contributed by atoms with E-state index in [1.807, 2.05) is 55.2 Å². The second-order valence-corrected chi connectivity index (χ2v) is 8.79. The Bertz CT molecular complexity index is 1220. The quantitative estimate of drug-likeness (QED) is 0.302. The maximum Gasteiger partial charge on any atom is 0.270 e. The molecule has 168 valence electrons. The van der Waals surface area contributed by atoms with E-state index < -0.39 is 34.6 Å². The summed E-state index contributed by atoms with van der Waals surface area (Å²) in [6.07, 6.45) is 4.44. The maximum atomic E-state index is 13.9. The van der Waals surface area contributed by atoms with Crippen molar-refractivity contribution in [2.45, 2.75) is 38.4 Å². The third-order valence-corrected chi connectivity index (χ3v) is 7.09. The van der Waals surface area contributed by atoms with Crippen LogP contribution in [0.25, 0.3) is 6.08 Å². The fourth-order valence-corrected chi connectivity index (χ4v) is 5.40. The Labute approximate surface area is 190 Å². The first-order chi connectivity index (χ1) is 15.8. The zero-order valence-corrected chi connectivity index (χ0v) is 18.3. The maximum absolute atomic E-state index is 13.9. The minimum Gasteiger partial charge on any atom is -0.352 e. The molecule has 0 bridgehead atoms. The van der Waals surface area contributed by atoms with E-state index in [0.29, 0.717) is 6.42 Å². The van der Waals surface area contributed by atoms with Crippen LogP contribution in [0.3, 0.4) is 0 Å². The second kappa shape index (κ2) is 7.65. The first-order valence-electron chi connectivity index (χ1n) is 11.1. The lowest BCUT2D eigenvalue weighted by molar-refractivity contribution is -0.384. The number of hydrogen-bond donors (Lipinski definition) is 0. The zero-order valence-electron chi connectivity index (χ0n) is 18.3. The molecule has 5 atom stereocenters. The topological polar surface area (TPSA) is 101 Å². The standard InChI is InChI=1S/C25H23N3O5/c1-3-14(2)26-24(30)20-19-12-11-15-7-4-5-10-18(15)27(19)22(21(20)25(26)31)23(29)16-8-6-9-17(13-16)28(32)33/h4-14,19-22H,3H2,1-2H3/t14-,19+,20+,21+,22+/m0/s1. The van der Waals surface area contributed by atoms with Crippen molar-refractivity contribution in [3.05, 3.63) is 75.8 Å². The summed E-state index contributed by atoms with van der Waals surface area (Å²) in [6.45, 7) is 3.74. The summed E-state index contributed by atoms with van der Waals surface area (Å²) >= 11 is 0. The average Bonchev–Trinajstić information content (AvgIpc) is 3.31. The minimum absolute atomic E-state index is 0.155. The molecule has 3 heterocycles. The molecule has 0 spiro atoms. The Hall–Kier alpha value is -3.81. The van der Waals surface area contributed by atoms with Gasteiger partial charge in [0.2, 0.25) is 11.8 Å². The number of amides is 2. The van der Waals surface area contributed by atoms with Crippen molar-refractivity contribution in [2.75, 3.05) is 4.90 Å². The van der Waals surface area contributed by atoms with Crippen molar-refractivity contribution in [1.82, 2.24) is 4.90 Å². The summed E-state index contributed by atoms with van der Waals surface area (Å²) in [5.74, 6) is -2.52. The van der Waals surface area contributed by atoms with Crippen molar-refractivity contribution in [2.24, 2.45) is 11.8 Å². The molecule has 0 aromatic heterocycles. The van der Waals surface area contributed by atoms with Gasteiger partial charge in [-0.25, -0.2) is 0 Å². The summed E-state index contributed by atoms with van der Waals surface area (Å²) in [5, 5.41) is 11.3.